The highest BCUT2D eigenvalue weighted by Crippen LogP contribution is 2.18. The Morgan fingerprint density at radius 2 is 1.30 bits per heavy atom. The maximum absolute atomic E-state index is 12.4. The third kappa shape index (κ3) is 10.2. The summed E-state index contributed by atoms with van der Waals surface area (Å²) >= 11 is 2.95. The number of carbonyl (C=O) groups is 2. The SMILES string of the molecule is CC(C)=CCC/C(C)=C/C(=O)/C(C(=O)Br)=C(/C)CCC=C(C)C. The van der Waals surface area contributed by atoms with Crippen LogP contribution in [0.1, 0.15) is 67.2 Å². The first-order valence-electron chi connectivity index (χ1n) is 8.03. The minimum atomic E-state index is -0.328. The van der Waals surface area contributed by atoms with Gasteiger partial charge in [-0.2, -0.15) is 0 Å². The van der Waals surface area contributed by atoms with Crippen LogP contribution in [-0.2, 0) is 9.59 Å². The Labute approximate surface area is 149 Å². The van der Waals surface area contributed by atoms with Crippen LogP contribution in [0.25, 0.3) is 0 Å². The predicted molar refractivity (Wildman–Crippen MR) is 103 cm³/mol. The second-order valence-electron chi connectivity index (χ2n) is 6.42. The smallest absolute Gasteiger partial charge is 0.231 e. The van der Waals surface area contributed by atoms with Gasteiger partial charge in [-0.25, -0.2) is 0 Å². The standard InChI is InChI=1S/C20H29BrO2/c1-14(2)9-7-11-16(5)13-18(22)19(20(21)23)17(6)12-8-10-15(3)4/h9-10,13H,7-8,11-12H2,1-6H3/b16-13+,19-17+. The van der Waals surface area contributed by atoms with Crippen molar-refractivity contribution in [3.63, 3.8) is 0 Å². The summed E-state index contributed by atoms with van der Waals surface area (Å²) in [6.45, 7) is 12.0. The van der Waals surface area contributed by atoms with Crippen LogP contribution in [-0.4, -0.2) is 10.5 Å². The largest absolute Gasteiger partial charge is 0.289 e. The third-order valence-corrected chi connectivity index (χ3v) is 3.81. The summed E-state index contributed by atoms with van der Waals surface area (Å²) in [5.41, 5.74) is 4.62. The topological polar surface area (TPSA) is 34.1 Å². The number of ketones is 1. The van der Waals surface area contributed by atoms with Crippen molar-refractivity contribution in [2.24, 2.45) is 0 Å². The molecule has 2 nitrogen and oxygen atoms in total. The Balaban J connectivity index is 5.08. The summed E-state index contributed by atoms with van der Waals surface area (Å²) in [6, 6.07) is 0. The molecule has 0 N–H and O–H groups in total. The lowest BCUT2D eigenvalue weighted by Crippen LogP contribution is -2.09. The Kier molecular flexibility index (Phi) is 10.7. The zero-order valence-electron chi connectivity index (χ0n) is 15.3. The van der Waals surface area contributed by atoms with E-state index >= 15 is 0 Å². The van der Waals surface area contributed by atoms with Gasteiger partial charge in [0.05, 0.1) is 5.57 Å². The fourth-order valence-electron chi connectivity index (χ4n) is 2.13. The first kappa shape index (κ1) is 21.8. The Hall–Kier alpha value is -1.22. The van der Waals surface area contributed by atoms with E-state index in [0.717, 1.165) is 30.4 Å². The van der Waals surface area contributed by atoms with Gasteiger partial charge in [0.1, 0.15) is 0 Å². The molecule has 0 radical (unpaired) electrons. The number of carbonyl (C=O) groups excluding carboxylic acids is 2. The Morgan fingerprint density at radius 3 is 1.74 bits per heavy atom. The zero-order valence-corrected chi connectivity index (χ0v) is 16.8. The van der Waals surface area contributed by atoms with E-state index in [4.69, 9.17) is 0 Å². The van der Waals surface area contributed by atoms with E-state index in [1.165, 1.54) is 11.1 Å². The van der Waals surface area contributed by atoms with Gasteiger partial charge < -0.3 is 0 Å². The van der Waals surface area contributed by atoms with Gasteiger partial charge in [0.25, 0.3) is 0 Å². The minimum Gasteiger partial charge on any atom is -0.289 e. The van der Waals surface area contributed by atoms with Crippen molar-refractivity contribution in [3.8, 4) is 0 Å². The van der Waals surface area contributed by atoms with Crippen molar-refractivity contribution in [2.45, 2.75) is 67.2 Å². The highest BCUT2D eigenvalue weighted by atomic mass is 79.9. The number of rotatable bonds is 9. The summed E-state index contributed by atoms with van der Waals surface area (Å²) in [4.78, 5) is 24.2. The molecule has 0 aromatic carbocycles. The van der Waals surface area contributed by atoms with Crippen LogP contribution in [0, 0.1) is 0 Å². The van der Waals surface area contributed by atoms with Crippen LogP contribution in [0.2, 0.25) is 0 Å². The number of hydrogen-bond donors (Lipinski definition) is 0. The van der Waals surface area contributed by atoms with Crippen molar-refractivity contribution in [1.82, 2.24) is 0 Å². The van der Waals surface area contributed by atoms with Crippen LogP contribution in [0.15, 0.2) is 46.1 Å². The molecule has 0 amide bonds. The van der Waals surface area contributed by atoms with Gasteiger partial charge in [-0.3, -0.25) is 9.59 Å². The van der Waals surface area contributed by atoms with Crippen LogP contribution in [0.5, 0.6) is 0 Å². The van der Waals surface area contributed by atoms with Gasteiger partial charge in [0.2, 0.25) is 4.69 Å². The fourth-order valence-corrected chi connectivity index (χ4v) is 2.67. The maximum atomic E-state index is 12.4. The van der Waals surface area contributed by atoms with Crippen molar-refractivity contribution in [3.05, 3.63) is 46.1 Å². The lowest BCUT2D eigenvalue weighted by atomic mass is 9.99. The molecule has 0 aliphatic heterocycles. The van der Waals surface area contributed by atoms with Crippen LogP contribution < -0.4 is 0 Å². The van der Waals surface area contributed by atoms with E-state index in [1.54, 1.807) is 6.08 Å². The molecule has 0 rings (SSSR count). The molecular weight excluding hydrogens is 352 g/mol. The Bertz CT molecular complexity index is 552. The molecule has 0 fully saturated rings. The molecule has 128 valence electrons. The van der Waals surface area contributed by atoms with Gasteiger partial charge in [-0.05, 0) is 89.2 Å². The molecule has 3 heteroatoms. The lowest BCUT2D eigenvalue weighted by molar-refractivity contribution is -0.115. The molecule has 23 heavy (non-hydrogen) atoms. The van der Waals surface area contributed by atoms with E-state index in [1.807, 2.05) is 27.7 Å². The summed E-state index contributed by atoms with van der Waals surface area (Å²) < 4.78 is -0.328. The third-order valence-electron chi connectivity index (χ3n) is 3.41. The normalized spacial score (nSPS) is 12.4. The molecule has 0 spiro atoms. The molecule has 0 atom stereocenters. The van der Waals surface area contributed by atoms with E-state index in [0.29, 0.717) is 6.42 Å². The van der Waals surface area contributed by atoms with Crippen LogP contribution in [0.3, 0.4) is 0 Å². The maximum Gasteiger partial charge on any atom is 0.231 e. The molecule has 0 aromatic rings. The summed E-state index contributed by atoms with van der Waals surface area (Å²) in [5.74, 6) is -0.198. The Morgan fingerprint density at radius 1 is 0.826 bits per heavy atom. The molecule has 0 aliphatic rings. The van der Waals surface area contributed by atoms with Gasteiger partial charge in [-0.15, -0.1) is 0 Å². The van der Waals surface area contributed by atoms with Crippen LogP contribution >= 0.6 is 15.9 Å². The van der Waals surface area contributed by atoms with E-state index in [9.17, 15) is 9.59 Å². The molecule has 0 saturated heterocycles. The van der Waals surface area contributed by atoms with Gasteiger partial charge in [0.15, 0.2) is 5.78 Å². The second-order valence-corrected chi connectivity index (χ2v) is 7.14. The van der Waals surface area contributed by atoms with Crippen molar-refractivity contribution < 1.29 is 9.59 Å². The van der Waals surface area contributed by atoms with E-state index in [2.05, 4.69) is 41.9 Å². The summed E-state index contributed by atoms with van der Waals surface area (Å²) in [5, 5.41) is 0. The highest BCUT2D eigenvalue weighted by Gasteiger charge is 2.17. The average molecular weight is 381 g/mol. The number of halogens is 1. The molecule has 0 bridgehead atoms. The molecule has 0 saturated carbocycles. The van der Waals surface area contributed by atoms with Crippen molar-refractivity contribution in [2.75, 3.05) is 0 Å². The molecular formula is C20H29BrO2. The highest BCUT2D eigenvalue weighted by molar-refractivity contribution is 9.18. The van der Waals surface area contributed by atoms with Crippen molar-refractivity contribution in [1.29, 1.82) is 0 Å². The molecule has 0 unspecified atom stereocenters. The lowest BCUT2D eigenvalue weighted by Gasteiger charge is -2.06. The van der Waals surface area contributed by atoms with Gasteiger partial charge in [0, 0.05) is 0 Å². The first-order valence-corrected chi connectivity index (χ1v) is 8.82. The monoisotopic (exact) mass is 380 g/mol. The fraction of sp³-hybridized carbons (Fsp3) is 0.500. The van der Waals surface area contributed by atoms with Crippen LogP contribution in [0.4, 0.5) is 0 Å². The predicted octanol–water partition coefficient (Wildman–Crippen LogP) is 6.23. The minimum absolute atomic E-state index is 0.198. The summed E-state index contributed by atoms with van der Waals surface area (Å²) in [6.07, 6.45) is 9.17. The number of hydrogen-bond acceptors (Lipinski definition) is 2. The molecule has 0 aromatic heterocycles. The van der Waals surface area contributed by atoms with E-state index in [-0.39, 0.29) is 16.0 Å². The van der Waals surface area contributed by atoms with Crippen molar-refractivity contribution >= 4 is 26.4 Å². The molecule has 0 aliphatic carbocycles. The van der Waals surface area contributed by atoms with Gasteiger partial charge >= 0.3 is 0 Å². The average Bonchev–Trinajstić information content (AvgIpc) is 2.36. The van der Waals surface area contributed by atoms with Gasteiger partial charge in [-0.1, -0.05) is 34.4 Å². The first-order chi connectivity index (χ1) is 10.6. The van der Waals surface area contributed by atoms with E-state index < -0.39 is 0 Å². The quantitative estimate of drug-likeness (QED) is 0.156. The number of allylic oxidation sites excluding steroid dienone is 8. The second kappa shape index (κ2) is 11.3. The zero-order chi connectivity index (χ0) is 18.0. The summed E-state index contributed by atoms with van der Waals surface area (Å²) in [7, 11) is 0. The molecule has 0 heterocycles.